The maximum atomic E-state index is 18.2. The molecule has 3 saturated carbocycles. The quantitative estimate of drug-likeness (QED) is 0.421. The smallest absolute Gasteiger partial charge is 0.306 e. The van der Waals surface area contributed by atoms with Gasteiger partial charge in [0.2, 0.25) is 5.78 Å². The number of aromatic nitrogens is 3. The van der Waals surface area contributed by atoms with Crippen LogP contribution in [0, 0.1) is 28.6 Å². The molecule has 3 fully saturated rings. The second-order valence-corrected chi connectivity index (χ2v) is 13.8. The van der Waals surface area contributed by atoms with E-state index in [1.807, 2.05) is 26.8 Å². The summed E-state index contributed by atoms with van der Waals surface area (Å²) in [6.07, 6.45) is 6.94. The number of carbonyl (C=O) groups excluding carboxylic acids is 3. The molecule has 0 bridgehead atoms. The van der Waals surface area contributed by atoms with E-state index in [0.29, 0.717) is 31.4 Å². The number of alkyl halides is 1. The monoisotopic (exact) mass is 623 g/mol. The molecule has 0 saturated heterocycles. The van der Waals surface area contributed by atoms with Crippen molar-refractivity contribution in [2.75, 3.05) is 6.61 Å². The van der Waals surface area contributed by atoms with Crippen LogP contribution in [0.15, 0.2) is 30.2 Å². The molecule has 0 unspecified atom stereocenters. The zero-order valence-corrected chi connectivity index (χ0v) is 26.5. The average Bonchev–Trinajstić information content (AvgIpc) is 3.50. The zero-order valence-electron chi connectivity index (χ0n) is 26.5. The van der Waals surface area contributed by atoms with E-state index in [4.69, 9.17) is 9.47 Å². The molecule has 0 radical (unpaired) electrons. The van der Waals surface area contributed by atoms with Crippen LogP contribution in [-0.4, -0.2) is 66.7 Å². The van der Waals surface area contributed by atoms with Crippen molar-refractivity contribution in [1.29, 1.82) is 0 Å². The topological polar surface area (TPSA) is 141 Å². The number of pyridine rings is 1. The third-order valence-electron chi connectivity index (χ3n) is 11.7. The molecule has 0 spiro atoms. The molecule has 45 heavy (non-hydrogen) atoms. The molecule has 2 N–H and O–H groups in total. The summed E-state index contributed by atoms with van der Waals surface area (Å²) < 4.78 is 31.2. The molecule has 2 heterocycles. The van der Waals surface area contributed by atoms with Gasteiger partial charge in [0.25, 0.3) is 0 Å². The first-order chi connectivity index (χ1) is 21.3. The van der Waals surface area contributed by atoms with Gasteiger partial charge in [-0.2, -0.15) is 5.10 Å². The number of aliphatic hydroxyl groups is 1. The van der Waals surface area contributed by atoms with Crippen LogP contribution in [0.1, 0.15) is 84.4 Å². The Morgan fingerprint density at radius 3 is 2.53 bits per heavy atom. The van der Waals surface area contributed by atoms with E-state index in [9.17, 15) is 24.6 Å². The number of hydrogen-bond donors (Lipinski definition) is 2. The van der Waals surface area contributed by atoms with Crippen molar-refractivity contribution in [1.82, 2.24) is 14.8 Å². The van der Waals surface area contributed by atoms with Crippen LogP contribution < -0.4 is 0 Å². The lowest BCUT2D eigenvalue weighted by atomic mass is 9.43. The number of Topliss-reactive ketones (excluding diaryl/α,β-unsaturated/α-hetero) is 1. The maximum absolute atomic E-state index is 18.2. The Morgan fingerprint density at radius 2 is 1.84 bits per heavy atom. The molecule has 10 nitrogen and oxygen atoms in total. The van der Waals surface area contributed by atoms with Crippen LogP contribution >= 0.6 is 0 Å². The summed E-state index contributed by atoms with van der Waals surface area (Å²) in [5.41, 5.74) is -2.77. The molecule has 4 aliphatic rings. The Kier molecular flexibility index (Phi) is 7.49. The number of hydrogen-bond acceptors (Lipinski definition) is 9. The molecule has 11 heteroatoms. The molecule has 242 valence electrons. The van der Waals surface area contributed by atoms with Gasteiger partial charge in [-0.05, 0) is 49.7 Å². The van der Waals surface area contributed by atoms with Crippen LogP contribution in [0.2, 0.25) is 0 Å². The number of rotatable bonds is 7. The van der Waals surface area contributed by atoms with Gasteiger partial charge in [0, 0.05) is 41.6 Å². The molecule has 6 rings (SSSR count). The van der Waals surface area contributed by atoms with Crippen LogP contribution in [0.3, 0.4) is 0 Å². The highest BCUT2D eigenvalue weighted by Crippen LogP contribution is 2.72. The Hall–Kier alpha value is -3.60. The van der Waals surface area contributed by atoms with Gasteiger partial charge in [0.15, 0.2) is 12.2 Å². The second-order valence-electron chi connectivity index (χ2n) is 13.8. The van der Waals surface area contributed by atoms with Gasteiger partial charge >= 0.3 is 11.9 Å². The molecule has 0 amide bonds. The lowest BCUT2D eigenvalue weighted by Gasteiger charge is -2.63. The predicted octanol–water partition coefficient (Wildman–Crippen LogP) is 4.68. The van der Waals surface area contributed by atoms with E-state index >= 15 is 4.39 Å². The first-order valence-electron chi connectivity index (χ1n) is 16.0. The van der Waals surface area contributed by atoms with Gasteiger partial charge in [0.1, 0.15) is 11.4 Å². The van der Waals surface area contributed by atoms with Crippen molar-refractivity contribution < 1.29 is 38.5 Å². The number of ether oxygens (including phenoxy) is 2. The minimum absolute atomic E-state index is 0.00939. The number of aromatic hydroxyl groups is 1. The zero-order chi connectivity index (χ0) is 32.5. The molecule has 4 aliphatic carbocycles. The second kappa shape index (κ2) is 10.7. The number of aliphatic hydroxyl groups excluding tert-OH is 1. The average molecular weight is 624 g/mol. The largest absolute Gasteiger partial charge is 0.506 e. The van der Waals surface area contributed by atoms with Crippen molar-refractivity contribution in [3.8, 4) is 11.4 Å². The summed E-state index contributed by atoms with van der Waals surface area (Å²) in [6, 6.07) is 1.56. The van der Waals surface area contributed by atoms with Crippen molar-refractivity contribution in [2.45, 2.75) is 96.9 Å². The van der Waals surface area contributed by atoms with Crippen molar-refractivity contribution in [3.05, 3.63) is 41.5 Å². The first-order valence-corrected chi connectivity index (χ1v) is 16.0. The lowest BCUT2D eigenvalue weighted by Crippen LogP contribution is -2.70. The highest BCUT2D eigenvalue weighted by atomic mass is 19.1. The van der Waals surface area contributed by atoms with Gasteiger partial charge in [-0.1, -0.05) is 40.2 Å². The van der Waals surface area contributed by atoms with Crippen LogP contribution in [-0.2, 0) is 30.3 Å². The van der Waals surface area contributed by atoms with Crippen LogP contribution in [0.25, 0.3) is 11.8 Å². The molecule has 0 aliphatic heterocycles. The van der Waals surface area contributed by atoms with E-state index in [-0.39, 0.29) is 30.9 Å². The Bertz CT molecular complexity index is 1590. The van der Waals surface area contributed by atoms with E-state index in [1.54, 1.807) is 37.0 Å². The Morgan fingerprint density at radius 1 is 1.11 bits per heavy atom. The number of halogens is 1. The van der Waals surface area contributed by atoms with E-state index in [2.05, 4.69) is 10.1 Å². The lowest BCUT2D eigenvalue weighted by molar-refractivity contribution is -0.234. The van der Waals surface area contributed by atoms with Crippen molar-refractivity contribution in [2.24, 2.45) is 28.6 Å². The highest BCUT2D eigenvalue weighted by Gasteiger charge is 2.77. The summed E-state index contributed by atoms with van der Waals surface area (Å²) in [7, 11) is 0. The summed E-state index contributed by atoms with van der Waals surface area (Å²) in [6.45, 7) is 8.28. The SMILES string of the molecule is CCC(=O)OCC(=O)[C@@]1(OC(=O)CC)[C@@H](C)C[C@H]2[C@@H]3CCC4=Cc5c(cnn5-c5cncc(O)c5)C[C@]4(C)[C@@]3(F)[C@@H](O)C[C@@]21C. The first kappa shape index (κ1) is 31.4. The highest BCUT2D eigenvalue weighted by molar-refractivity contribution is 5.93. The summed E-state index contributed by atoms with van der Waals surface area (Å²) in [5.74, 6) is -3.10. The third-order valence-corrected chi connectivity index (χ3v) is 11.7. The standard InChI is InChI=1S/C34H42FN3O7/c1-6-29(42)44-18-28(41)34(45-30(43)7-2)19(3)10-25-24-9-8-21-11-26-20(15-37-38(26)22-12-23(39)17-36-16-22)13-31(21,4)33(24,35)27(40)14-32(25,34)5/h11-12,15-17,19,24-25,27,39-40H,6-10,13-14,18H2,1-5H3/t19-,24-,25-,27-,31-,32-,33-,34-/m0/s1. The number of nitrogens with zero attached hydrogens (tertiary/aromatic N) is 3. The fourth-order valence-electron chi connectivity index (χ4n) is 9.59. The summed E-state index contributed by atoms with van der Waals surface area (Å²) >= 11 is 0. The fourth-order valence-corrected chi connectivity index (χ4v) is 9.59. The summed E-state index contributed by atoms with van der Waals surface area (Å²) in [5, 5.41) is 26.5. The molecular weight excluding hydrogens is 581 g/mol. The van der Waals surface area contributed by atoms with Gasteiger partial charge in [-0.15, -0.1) is 0 Å². The van der Waals surface area contributed by atoms with Gasteiger partial charge in [0.05, 0.1) is 36.1 Å². The molecule has 0 aromatic carbocycles. The number of ketones is 1. The van der Waals surface area contributed by atoms with Gasteiger partial charge < -0.3 is 19.7 Å². The van der Waals surface area contributed by atoms with Crippen LogP contribution in [0.4, 0.5) is 4.39 Å². The number of esters is 2. The van der Waals surface area contributed by atoms with Gasteiger partial charge in [-0.3, -0.25) is 19.4 Å². The minimum Gasteiger partial charge on any atom is -0.506 e. The van der Waals surface area contributed by atoms with Crippen molar-refractivity contribution in [3.63, 3.8) is 0 Å². The van der Waals surface area contributed by atoms with E-state index in [0.717, 1.165) is 16.8 Å². The predicted molar refractivity (Wildman–Crippen MR) is 161 cm³/mol. The van der Waals surface area contributed by atoms with Gasteiger partial charge in [-0.25, -0.2) is 9.07 Å². The fraction of sp³-hybridized carbons (Fsp3) is 0.618. The number of allylic oxidation sites excluding steroid dienone is 1. The molecule has 8 atom stereocenters. The maximum Gasteiger partial charge on any atom is 0.306 e. The van der Waals surface area contributed by atoms with E-state index < -0.39 is 64.4 Å². The number of carbonyl (C=O) groups is 3. The molecule has 2 aromatic rings. The molecular formula is C34H42FN3O7. The molecule has 2 aromatic heterocycles. The Balaban J connectivity index is 1.39. The van der Waals surface area contributed by atoms with Crippen LogP contribution in [0.5, 0.6) is 5.75 Å². The Labute approximate surface area is 262 Å². The normalized spacial score (nSPS) is 36.6. The number of fused-ring (bicyclic) bond motifs is 6. The summed E-state index contributed by atoms with van der Waals surface area (Å²) in [4.78, 5) is 43.0. The third kappa shape index (κ3) is 4.25. The van der Waals surface area contributed by atoms with Crippen molar-refractivity contribution >= 4 is 23.8 Å². The minimum atomic E-state index is -2.03. The van der Waals surface area contributed by atoms with E-state index in [1.165, 1.54) is 6.20 Å².